The highest BCUT2D eigenvalue weighted by Crippen LogP contribution is 2.15. The number of anilines is 1. The van der Waals surface area contributed by atoms with Crippen LogP contribution in [0.15, 0.2) is 18.7 Å². The van der Waals surface area contributed by atoms with E-state index >= 15 is 0 Å². The molecule has 0 amide bonds. The monoisotopic (exact) mass is 220 g/mol. The Labute approximate surface area is 97.1 Å². The molecule has 16 heavy (non-hydrogen) atoms. The number of rotatable bonds is 4. The van der Waals surface area contributed by atoms with Crippen LogP contribution >= 0.6 is 0 Å². The molecular weight excluding hydrogens is 200 g/mol. The predicted octanol–water partition coefficient (Wildman–Crippen LogP) is 1.76. The van der Waals surface area contributed by atoms with Gasteiger partial charge in [0.05, 0.1) is 18.1 Å². The summed E-state index contributed by atoms with van der Waals surface area (Å²) in [7, 11) is 0. The van der Waals surface area contributed by atoms with Crippen molar-refractivity contribution in [2.45, 2.75) is 32.2 Å². The molecule has 2 heterocycles. The van der Waals surface area contributed by atoms with Crippen LogP contribution in [0.25, 0.3) is 0 Å². The van der Waals surface area contributed by atoms with Crippen molar-refractivity contribution in [2.24, 2.45) is 0 Å². The summed E-state index contributed by atoms with van der Waals surface area (Å²) >= 11 is 0. The normalized spacial score (nSPS) is 18.6. The average Bonchev–Trinajstić information content (AvgIpc) is 2.33. The summed E-state index contributed by atoms with van der Waals surface area (Å²) in [6.45, 7) is 5.89. The van der Waals surface area contributed by atoms with Gasteiger partial charge in [-0.25, -0.2) is 9.97 Å². The molecular formula is C12H20N4. The van der Waals surface area contributed by atoms with E-state index in [1.165, 1.54) is 38.9 Å². The molecule has 88 valence electrons. The van der Waals surface area contributed by atoms with Gasteiger partial charge in [0.25, 0.3) is 0 Å². The lowest BCUT2D eigenvalue weighted by atomic mass is 10.0. The molecule has 0 atom stereocenters. The molecule has 0 saturated carbocycles. The van der Waals surface area contributed by atoms with Gasteiger partial charge in [-0.05, 0) is 25.8 Å². The zero-order valence-electron chi connectivity index (χ0n) is 9.89. The second-order valence-corrected chi connectivity index (χ2v) is 4.39. The van der Waals surface area contributed by atoms with Gasteiger partial charge in [0.2, 0.25) is 0 Å². The largest absolute Gasteiger partial charge is 0.380 e. The summed E-state index contributed by atoms with van der Waals surface area (Å²) in [5, 5.41) is 3.49. The van der Waals surface area contributed by atoms with Crippen molar-refractivity contribution in [2.75, 3.05) is 25.0 Å². The molecule has 1 aliphatic rings. The summed E-state index contributed by atoms with van der Waals surface area (Å²) in [6.07, 6.45) is 8.93. The van der Waals surface area contributed by atoms with Gasteiger partial charge in [0, 0.05) is 19.1 Å². The molecule has 0 aromatic carbocycles. The molecule has 1 aromatic heterocycles. The summed E-state index contributed by atoms with van der Waals surface area (Å²) in [6, 6.07) is 0.583. The third-order valence-electron chi connectivity index (χ3n) is 3.06. The number of nitrogens with one attached hydrogen (secondary N) is 1. The first kappa shape index (κ1) is 11.3. The van der Waals surface area contributed by atoms with E-state index in [2.05, 4.69) is 27.1 Å². The highest BCUT2D eigenvalue weighted by molar-refractivity contribution is 5.38. The number of hydrogen-bond donors (Lipinski definition) is 1. The first-order chi connectivity index (χ1) is 7.88. The maximum Gasteiger partial charge on any atom is 0.115 e. The van der Waals surface area contributed by atoms with Crippen LogP contribution in [0.2, 0.25) is 0 Å². The minimum atomic E-state index is 0.583. The lowest BCUT2D eigenvalue weighted by Crippen LogP contribution is -2.39. The minimum absolute atomic E-state index is 0.583. The van der Waals surface area contributed by atoms with Gasteiger partial charge in [-0.15, -0.1) is 0 Å². The molecule has 0 spiro atoms. The van der Waals surface area contributed by atoms with E-state index in [9.17, 15) is 0 Å². The molecule has 0 radical (unpaired) electrons. The van der Waals surface area contributed by atoms with Crippen LogP contribution in [-0.4, -0.2) is 40.5 Å². The summed E-state index contributed by atoms with van der Waals surface area (Å²) in [4.78, 5) is 10.6. The van der Waals surface area contributed by atoms with Gasteiger partial charge < -0.3 is 10.2 Å². The van der Waals surface area contributed by atoms with Crippen LogP contribution in [0, 0.1) is 0 Å². The molecule has 1 saturated heterocycles. The first-order valence-corrected chi connectivity index (χ1v) is 6.12. The molecule has 1 fully saturated rings. The highest BCUT2D eigenvalue weighted by atomic mass is 15.1. The number of aromatic nitrogens is 2. The van der Waals surface area contributed by atoms with Gasteiger partial charge in [0.15, 0.2) is 0 Å². The molecule has 0 unspecified atom stereocenters. The Hall–Kier alpha value is -1.16. The molecule has 4 heteroatoms. The highest BCUT2D eigenvalue weighted by Gasteiger charge is 2.18. The SMILES string of the molecule is CCCN1CCC(Nc2cncnc2)CC1. The van der Waals surface area contributed by atoms with Gasteiger partial charge in [-0.1, -0.05) is 6.92 Å². The fourth-order valence-corrected chi connectivity index (χ4v) is 2.23. The van der Waals surface area contributed by atoms with Crippen LogP contribution in [0.5, 0.6) is 0 Å². The number of piperidine rings is 1. The van der Waals surface area contributed by atoms with E-state index in [4.69, 9.17) is 0 Å². The lowest BCUT2D eigenvalue weighted by Gasteiger charge is -2.32. The summed E-state index contributed by atoms with van der Waals surface area (Å²) in [5.74, 6) is 0. The maximum atomic E-state index is 4.01. The Kier molecular flexibility index (Phi) is 4.10. The van der Waals surface area contributed by atoms with Crippen molar-refractivity contribution in [3.8, 4) is 0 Å². The molecule has 0 bridgehead atoms. The predicted molar refractivity (Wildman–Crippen MR) is 65.4 cm³/mol. The Morgan fingerprint density at radius 2 is 2.00 bits per heavy atom. The minimum Gasteiger partial charge on any atom is -0.380 e. The van der Waals surface area contributed by atoms with Crippen molar-refractivity contribution in [3.63, 3.8) is 0 Å². The third kappa shape index (κ3) is 3.17. The van der Waals surface area contributed by atoms with E-state index in [-0.39, 0.29) is 0 Å². The molecule has 2 rings (SSSR count). The Morgan fingerprint density at radius 1 is 1.31 bits per heavy atom. The zero-order chi connectivity index (χ0) is 11.2. The Morgan fingerprint density at radius 3 is 2.62 bits per heavy atom. The van der Waals surface area contributed by atoms with E-state index in [0.29, 0.717) is 6.04 Å². The number of likely N-dealkylation sites (tertiary alicyclic amines) is 1. The van der Waals surface area contributed by atoms with Crippen molar-refractivity contribution in [3.05, 3.63) is 18.7 Å². The molecule has 1 aliphatic heterocycles. The number of hydrogen-bond acceptors (Lipinski definition) is 4. The topological polar surface area (TPSA) is 41.0 Å². The van der Waals surface area contributed by atoms with E-state index in [0.717, 1.165) is 5.69 Å². The van der Waals surface area contributed by atoms with Crippen LogP contribution in [0.4, 0.5) is 5.69 Å². The standard InChI is InChI=1S/C12H20N4/c1-2-5-16-6-3-11(4-7-16)15-12-8-13-10-14-9-12/h8-11,15H,2-7H2,1H3. The summed E-state index contributed by atoms with van der Waals surface area (Å²) in [5.41, 5.74) is 1.04. The van der Waals surface area contributed by atoms with E-state index in [1.54, 1.807) is 6.33 Å². The molecule has 0 aliphatic carbocycles. The van der Waals surface area contributed by atoms with Crippen molar-refractivity contribution >= 4 is 5.69 Å². The van der Waals surface area contributed by atoms with Crippen LogP contribution in [-0.2, 0) is 0 Å². The maximum absolute atomic E-state index is 4.01. The van der Waals surface area contributed by atoms with Gasteiger partial charge in [0.1, 0.15) is 6.33 Å². The fourth-order valence-electron chi connectivity index (χ4n) is 2.23. The summed E-state index contributed by atoms with van der Waals surface area (Å²) < 4.78 is 0. The second kappa shape index (κ2) is 5.80. The Bertz CT molecular complexity index is 293. The molecule has 1 aromatic rings. The van der Waals surface area contributed by atoms with Gasteiger partial charge >= 0.3 is 0 Å². The van der Waals surface area contributed by atoms with Crippen molar-refractivity contribution < 1.29 is 0 Å². The van der Waals surface area contributed by atoms with E-state index in [1.807, 2.05) is 12.4 Å². The lowest BCUT2D eigenvalue weighted by molar-refractivity contribution is 0.219. The second-order valence-electron chi connectivity index (χ2n) is 4.39. The van der Waals surface area contributed by atoms with Crippen molar-refractivity contribution in [1.29, 1.82) is 0 Å². The number of nitrogens with zero attached hydrogens (tertiary/aromatic N) is 3. The van der Waals surface area contributed by atoms with Crippen LogP contribution < -0.4 is 5.32 Å². The smallest absolute Gasteiger partial charge is 0.115 e. The molecule has 4 nitrogen and oxygen atoms in total. The van der Waals surface area contributed by atoms with Gasteiger partial charge in [-0.3, -0.25) is 0 Å². The molecule has 1 N–H and O–H groups in total. The van der Waals surface area contributed by atoms with E-state index < -0.39 is 0 Å². The Balaban J connectivity index is 1.77. The van der Waals surface area contributed by atoms with Crippen LogP contribution in [0.1, 0.15) is 26.2 Å². The zero-order valence-corrected chi connectivity index (χ0v) is 9.89. The van der Waals surface area contributed by atoms with Gasteiger partial charge in [-0.2, -0.15) is 0 Å². The average molecular weight is 220 g/mol. The quantitative estimate of drug-likeness (QED) is 0.839. The van der Waals surface area contributed by atoms with Crippen molar-refractivity contribution in [1.82, 2.24) is 14.9 Å². The third-order valence-corrected chi connectivity index (χ3v) is 3.06. The fraction of sp³-hybridized carbons (Fsp3) is 0.667. The first-order valence-electron chi connectivity index (χ1n) is 6.12. The van der Waals surface area contributed by atoms with Crippen LogP contribution in [0.3, 0.4) is 0 Å².